The fourth-order valence-corrected chi connectivity index (χ4v) is 2.35. The highest BCUT2D eigenvalue weighted by molar-refractivity contribution is 4.99. The molecule has 0 amide bonds. The fraction of sp³-hybridized carbons (Fsp3) is 0.857. The van der Waals surface area contributed by atoms with E-state index in [1.54, 1.807) is 0 Å². The zero-order chi connectivity index (χ0) is 11.2. The summed E-state index contributed by atoms with van der Waals surface area (Å²) in [5.41, 5.74) is 1.20. The van der Waals surface area contributed by atoms with E-state index < -0.39 is 0 Å². The van der Waals surface area contributed by atoms with E-state index in [-0.39, 0.29) is 0 Å². The Morgan fingerprint density at radius 1 is 1.12 bits per heavy atom. The first-order valence-corrected chi connectivity index (χ1v) is 6.82. The van der Waals surface area contributed by atoms with Crippen LogP contribution in [0, 0.1) is 5.92 Å². The topological polar surface area (TPSA) is 21.3 Å². The number of hydrogen-bond acceptors (Lipinski definition) is 2. The molecule has 2 aliphatic carbocycles. The predicted octanol–water partition coefficient (Wildman–Crippen LogP) is 2.89. The fourth-order valence-electron chi connectivity index (χ4n) is 2.35. The number of hydrogen-bond donors (Lipinski definition) is 1. The summed E-state index contributed by atoms with van der Waals surface area (Å²) in [5, 5.41) is 3.47. The van der Waals surface area contributed by atoms with E-state index in [4.69, 9.17) is 4.74 Å². The number of rotatable bonds is 7. The molecule has 0 aromatic rings. The third kappa shape index (κ3) is 4.67. The molecule has 1 N–H and O–H groups in total. The van der Waals surface area contributed by atoms with Gasteiger partial charge in [0.1, 0.15) is 0 Å². The second kappa shape index (κ2) is 6.41. The Balaban J connectivity index is 1.47. The van der Waals surface area contributed by atoms with Crippen molar-refractivity contribution in [1.82, 2.24) is 5.32 Å². The van der Waals surface area contributed by atoms with E-state index in [0.717, 1.165) is 31.7 Å². The Morgan fingerprint density at radius 3 is 2.56 bits per heavy atom. The van der Waals surface area contributed by atoms with Crippen molar-refractivity contribution in [3.8, 4) is 0 Å². The zero-order valence-corrected chi connectivity index (χ0v) is 10.3. The van der Waals surface area contributed by atoms with Crippen molar-refractivity contribution in [3.05, 3.63) is 12.2 Å². The molecular formula is C14H25NO. The van der Waals surface area contributed by atoms with Gasteiger partial charge in [-0.05, 0) is 37.2 Å². The monoisotopic (exact) mass is 223 g/mol. The first-order chi connectivity index (χ1) is 7.84. The smallest absolute Gasteiger partial charge is 0.0686 e. The molecule has 0 spiro atoms. The molecule has 2 saturated carbocycles. The van der Waals surface area contributed by atoms with Crippen LogP contribution in [0.1, 0.15) is 44.9 Å². The van der Waals surface area contributed by atoms with Crippen LogP contribution in [0.25, 0.3) is 0 Å². The van der Waals surface area contributed by atoms with Gasteiger partial charge in [0.05, 0.1) is 6.61 Å². The minimum Gasteiger partial charge on any atom is -0.377 e. The molecule has 2 fully saturated rings. The van der Waals surface area contributed by atoms with Crippen molar-refractivity contribution in [3.63, 3.8) is 0 Å². The van der Waals surface area contributed by atoms with Gasteiger partial charge in [-0.3, -0.25) is 0 Å². The average Bonchev–Trinajstić information content (AvgIpc) is 3.12. The van der Waals surface area contributed by atoms with Crippen LogP contribution in [0.15, 0.2) is 12.2 Å². The molecule has 0 saturated heterocycles. The second-order valence-electron chi connectivity index (χ2n) is 5.42. The molecule has 16 heavy (non-hydrogen) atoms. The molecular weight excluding hydrogens is 198 g/mol. The minimum absolute atomic E-state index is 0.746. The van der Waals surface area contributed by atoms with E-state index in [1.165, 1.54) is 50.5 Å². The lowest BCUT2D eigenvalue weighted by Gasteiger charge is -2.21. The maximum absolute atomic E-state index is 5.75. The lowest BCUT2D eigenvalue weighted by molar-refractivity contribution is 0.100. The van der Waals surface area contributed by atoms with Gasteiger partial charge in [-0.2, -0.15) is 0 Å². The summed E-state index contributed by atoms with van der Waals surface area (Å²) in [6.07, 6.45) is 9.65. The van der Waals surface area contributed by atoms with Gasteiger partial charge < -0.3 is 10.1 Å². The SMILES string of the molecule is C=C(CNC1CC1)COCC1CCCCC1. The van der Waals surface area contributed by atoms with Crippen LogP contribution in [-0.4, -0.2) is 25.8 Å². The molecule has 0 aromatic carbocycles. The Labute approximate surface area is 99.4 Å². The maximum atomic E-state index is 5.75. The Bertz CT molecular complexity index is 217. The summed E-state index contributed by atoms with van der Waals surface area (Å²) in [6, 6.07) is 0.773. The molecule has 2 rings (SSSR count). The largest absolute Gasteiger partial charge is 0.377 e. The van der Waals surface area contributed by atoms with E-state index in [0.29, 0.717) is 0 Å². The third-order valence-corrected chi connectivity index (χ3v) is 3.60. The summed E-state index contributed by atoms with van der Waals surface area (Å²) in [4.78, 5) is 0. The lowest BCUT2D eigenvalue weighted by atomic mass is 9.90. The van der Waals surface area contributed by atoms with E-state index in [9.17, 15) is 0 Å². The first kappa shape index (κ1) is 12.1. The normalized spacial score (nSPS) is 22.2. The Hall–Kier alpha value is -0.340. The third-order valence-electron chi connectivity index (χ3n) is 3.60. The van der Waals surface area contributed by atoms with Crippen molar-refractivity contribution in [2.24, 2.45) is 5.92 Å². The standard InChI is InChI=1S/C14H25NO/c1-12(9-15-14-7-8-14)10-16-11-13-5-3-2-4-6-13/h13-15H,1-11H2. The van der Waals surface area contributed by atoms with Gasteiger partial charge in [0.2, 0.25) is 0 Å². The van der Waals surface area contributed by atoms with Gasteiger partial charge in [-0.25, -0.2) is 0 Å². The van der Waals surface area contributed by atoms with Gasteiger partial charge in [0.15, 0.2) is 0 Å². The average molecular weight is 223 g/mol. The lowest BCUT2D eigenvalue weighted by Crippen LogP contribution is -2.22. The zero-order valence-electron chi connectivity index (χ0n) is 10.3. The minimum atomic E-state index is 0.746. The summed E-state index contributed by atoms with van der Waals surface area (Å²) >= 11 is 0. The van der Waals surface area contributed by atoms with E-state index >= 15 is 0 Å². The van der Waals surface area contributed by atoms with Crippen molar-refractivity contribution < 1.29 is 4.74 Å². The molecule has 0 bridgehead atoms. The van der Waals surface area contributed by atoms with Gasteiger partial charge >= 0.3 is 0 Å². The van der Waals surface area contributed by atoms with Crippen LogP contribution in [-0.2, 0) is 4.74 Å². The molecule has 92 valence electrons. The highest BCUT2D eigenvalue weighted by Crippen LogP contribution is 2.23. The molecule has 2 aliphatic rings. The predicted molar refractivity (Wildman–Crippen MR) is 67.6 cm³/mol. The first-order valence-electron chi connectivity index (χ1n) is 6.82. The van der Waals surface area contributed by atoms with Crippen LogP contribution in [0.3, 0.4) is 0 Å². The van der Waals surface area contributed by atoms with Crippen LogP contribution in [0.5, 0.6) is 0 Å². The molecule has 2 heteroatoms. The molecule has 0 heterocycles. The Morgan fingerprint density at radius 2 is 1.88 bits per heavy atom. The molecule has 0 aromatic heterocycles. The molecule has 0 radical (unpaired) electrons. The van der Waals surface area contributed by atoms with Gasteiger partial charge in [0.25, 0.3) is 0 Å². The summed E-state index contributed by atoms with van der Waals surface area (Å²) < 4.78 is 5.75. The number of ether oxygens (including phenoxy) is 1. The maximum Gasteiger partial charge on any atom is 0.0686 e. The summed E-state index contributed by atoms with van der Waals surface area (Å²) in [5.74, 6) is 0.818. The van der Waals surface area contributed by atoms with E-state index in [1.807, 2.05) is 0 Å². The van der Waals surface area contributed by atoms with Crippen LogP contribution >= 0.6 is 0 Å². The van der Waals surface area contributed by atoms with Crippen LogP contribution in [0.2, 0.25) is 0 Å². The van der Waals surface area contributed by atoms with Crippen LogP contribution < -0.4 is 5.32 Å². The summed E-state index contributed by atoms with van der Waals surface area (Å²) in [7, 11) is 0. The quantitative estimate of drug-likeness (QED) is 0.670. The summed E-state index contributed by atoms with van der Waals surface area (Å²) in [6.45, 7) is 6.68. The Kier molecular flexibility index (Phi) is 4.86. The second-order valence-corrected chi connectivity index (χ2v) is 5.42. The van der Waals surface area contributed by atoms with Gasteiger partial charge in [0, 0.05) is 19.2 Å². The highest BCUT2D eigenvalue weighted by Gasteiger charge is 2.20. The number of nitrogens with one attached hydrogen (secondary N) is 1. The van der Waals surface area contributed by atoms with Gasteiger partial charge in [-0.1, -0.05) is 25.8 Å². The molecule has 0 aliphatic heterocycles. The van der Waals surface area contributed by atoms with Crippen LogP contribution in [0.4, 0.5) is 0 Å². The van der Waals surface area contributed by atoms with Crippen molar-refractivity contribution in [2.75, 3.05) is 19.8 Å². The molecule has 2 nitrogen and oxygen atoms in total. The van der Waals surface area contributed by atoms with Crippen molar-refractivity contribution >= 4 is 0 Å². The molecule has 0 unspecified atom stereocenters. The molecule has 0 atom stereocenters. The van der Waals surface area contributed by atoms with Gasteiger partial charge in [-0.15, -0.1) is 0 Å². The van der Waals surface area contributed by atoms with E-state index in [2.05, 4.69) is 11.9 Å². The van der Waals surface area contributed by atoms with Crippen molar-refractivity contribution in [2.45, 2.75) is 51.0 Å². The highest BCUT2D eigenvalue weighted by atomic mass is 16.5. The van der Waals surface area contributed by atoms with Crippen molar-refractivity contribution in [1.29, 1.82) is 0 Å².